The van der Waals surface area contributed by atoms with Crippen molar-refractivity contribution in [1.29, 1.82) is 0 Å². The number of thiophene rings is 1. The van der Waals surface area contributed by atoms with Gasteiger partial charge in [0.25, 0.3) is 5.24 Å². The molecule has 0 bridgehead atoms. The largest absolute Gasteiger partial charge is 0.292 e. The molecule has 6 heteroatoms. The zero-order chi connectivity index (χ0) is 13.3. The highest BCUT2D eigenvalue weighted by molar-refractivity contribution is 8.13. The third-order valence-electron chi connectivity index (χ3n) is 2.71. The summed E-state index contributed by atoms with van der Waals surface area (Å²) in [6, 6.07) is 1.81. The van der Waals surface area contributed by atoms with Crippen LogP contribution in [0, 0.1) is 13.8 Å². The highest BCUT2D eigenvalue weighted by atomic mass is 32.2. The Morgan fingerprint density at radius 2 is 2.11 bits per heavy atom. The zero-order valence-corrected chi connectivity index (χ0v) is 11.8. The molecule has 1 aliphatic heterocycles. The van der Waals surface area contributed by atoms with Crippen molar-refractivity contribution in [3.63, 3.8) is 0 Å². The molecule has 1 fully saturated rings. The number of rotatable bonds is 3. The third kappa shape index (κ3) is 2.64. The molecule has 18 heavy (non-hydrogen) atoms. The topological polar surface area (TPSA) is 54.5 Å². The van der Waals surface area contributed by atoms with Crippen LogP contribution in [0.25, 0.3) is 0 Å². The first-order valence-electron chi connectivity index (χ1n) is 5.56. The molecule has 0 aliphatic carbocycles. The monoisotopic (exact) mass is 283 g/mol. The molecule has 0 saturated carbocycles. The van der Waals surface area contributed by atoms with E-state index in [1.807, 2.05) is 19.9 Å². The minimum atomic E-state index is -0.316. The lowest BCUT2D eigenvalue weighted by atomic mass is 10.1. The zero-order valence-electron chi connectivity index (χ0n) is 10.2. The maximum Gasteiger partial charge on any atom is 0.288 e. The van der Waals surface area contributed by atoms with Gasteiger partial charge in [0.1, 0.15) is 0 Å². The van der Waals surface area contributed by atoms with E-state index in [0.29, 0.717) is 17.7 Å². The number of nitrogens with zero attached hydrogens (tertiary/aromatic N) is 1. The lowest BCUT2D eigenvalue weighted by molar-refractivity contribution is -0.127. The summed E-state index contributed by atoms with van der Waals surface area (Å²) in [5.74, 6) is 0.0941. The predicted octanol–water partition coefficient (Wildman–Crippen LogP) is 2.63. The van der Waals surface area contributed by atoms with Crippen molar-refractivity contribution in [3.8, 4) is 0 Å². The first kappa shape index (κ1) is 13.3. The SMILES string of the molecule is Cc1cc(C(=O)CN2C(=O)CCSC2=O)c(C)s1. The van der Waals surface area contributed by atoms with Crippen LogP contribution in [0.5, 0.6) is 0 Å². The van der Waals surface area contributed by atoms with Crippen molar-refractivity contribution < 1.29 is 14.4 Å². The van der Waals surface area contributed by atoms with Crippen molar-refractivity contribution in [2.45, 2.75) is 20.3 Å². The Kier molecular flexibility index (Phi) is 3.87. The molecule has 0 atom stereocenters. The molecule has 0 radical (unpaired) electrons. The average molecular weight is 283 g/mol. The van der Waals surface area contributed by atoms with Gasteiger partial charge in [0, 0.05) is 27.5 Å². The van der Waals surface area contributed by atoms with E-state index in [9.17, 15) is 14.4 Å². The second-order valence-corrected chi connectivity index (χ2v) is 6.60. The number of thioether (sulfide) groups is 1. The van der Waals surface area contributed by atoms with Crippen LogP contribution >= 0.6 is 23.1 Å². The van der Waals surface area contributed by atoms with Crippen molar-refractivity contribution in [2.75, 3.05) is 12.3 Å². The fraction of sp³-hybridized carbons (Fsp3) is 0.417. The molecule has 2 heterocycles. The molecule has 2 rings (SSSR count). The molecule has 0 spiro atoms. The summed E-state index contributed by atoms with van der Waals surface area (Å²) in [5.41, 5.74) is 0.619. The number of aryl methyl sites for hydroxylation is 2. The molecule has 2 amide bonds. The van der Waals surface area contributed by atoms with Crippen LogP contribution in [0.2, 0.25) is 0 Å². The van der Waals surface area contributed by atoms with Gasteiger partial charge in [0.15, 0.2) is 5.78 Å². The second-order valence-electron chi connectivity index (χ2n) is 4.09. The number of carbonyl (C=O) groups excluding carboxylic acids is 3. The normalized spacial score (nSPS) is 16.2. The van der Waals surface area contributed by atoms with E-state index in [0.717, 1.165) is 26.4 Å². The summed E-state index contributed by atoms with van der Waals surface area (Å²) in [4.78, 5) is 38.3. The van der Waals surface area contributed by atoms with Crippen molar-refractivity contribution in [2.24, 2.45) is 0 Å². The highest BCUT2D eigenvalue weighted by Crippen LogP contribution is 2.23. The number of Topliss-reactive ketones (excluding diaryl/α,β-unsaturated/α-hetero) is 1. The van der Waals surface area contributed by atoms with Crippen molar-refractivity contribution in [3.05, 3.63) is 21.4 Å². The Morgan fingerprint density at radius 1 is 1.39 bits per heavy atom. The fourth-order valence-electron chi connectivity index (χ4n) is 1.83. The van der Waals surface area contributed by atoms with Crippen LogP contribution in [-0.4, -0.2) is 34.1 Å². The van der Waals surface area contributed by atoms with Crippen LogP contribution in [0.15, 0.2) is 6.07 Å². The molecule has 96 valence electrons. The molecule has 0 N–H and O–H groups in total. The third-order valence-corrected chi connectivity index (χ3v) is 4.55. The molecule has 4 nitrogen and oxygen atoms in total. The molecule has 1 aromatic heterocycles. The summed E-state index contributed by atoms with van der Waals surface area (Å²) in [6.45, 7) is 3.67. The summed E-state index contributed by atoms with van der Waals surface area (Å²) >= 11 is 2.64. The van der Waals surface area contributed by atoms with Gasteiger partial charge >= 0.3 is 0 Å². The van der Waals surface area contributed by atoms with Gasteiger partial charge in [-0.05, 0) is 19.9 Å². The van der Waals surface area contributed by atoms with Gasteiger partial charge in [-0.25, -0.2) is 0 Å². The van der Waals surface area contributed by atoms with Gasteiger partial charge < -0.3 is 0 Å². The van der Waals surface area contributed by atoms with Gasteiger partial charge in [-0.2, -0.15) is 0 Å². The number of imide groups is 1. The van der Waals surface area contributed by atoms with E-state index < -0.39 is 0 Å². The number of amides is 2. The lowest BCUT2D eigenvalue weighted by Gasteiger charge is -2.23. The molecular formula is C12H13NO3S2. The van der Waals surface area contributed by atoms with Crippen LogP contribution < -0.4 is 0 Å². The molecule has 1 saturated heterocycles. The maximum atomic E-state index is 12.1. The Labute approximate surface area is 113 Å². The number of hydrogen-bond donors (Lipinski definition) is 0. The standard InChI is InChI=1S/C12H13NO3S2/c1-7-5-9(8(2)18-7)10(14)6-13-11(15)3-4-17-12(13)16/h5H,3-4,6H2,1-2H3. The molecule has 1 aliphatic rings. The van der Waals surface area contributed by atoms with Crippen molar-refractivity contribution in [1.82, 2.24) is 4.90 Å². The van der Waals surface area contributed by atoms with Gasteiger partial charge in [0.05, 0.1) is 6.54 Å². The van der Waals surface area contributed by atoms with Gasteiger partial charge in [0.2, 0.25) is 5.91 Å². The average Bonchev–Trinajstić information content (AvgIpc) is 2.63. The Morgan fingerprint density at radius 3 is 2.67 bits per heavy atom. The molecular weight excluding hydrogens is 270 g/mol. The van der Waals surface area contributed by atoms with Crippen LogP contribution in [0.1, 0.15) is 26.5 Å². The van der Waals surface area contributed by atoms with E-state index in [1.54, 1.807) is 11.3 Å². The lowest BCUT2D eigenvalue weighted by Crippen LogP contribution is -2.41. The van der Waals surface area contributed by atoms with Gasteiger partial charge in [-0.15, -0.1) is 11.3 Å². The Hall–Kier alpha value is -1.14. The van der Waals surface area contributed by atoms with E-state index in [-0.39, 0.29) is 23.5 Å². The van der Waals surface area contributed by atoms with E-state index in [2.05, 4.69) is 0 Å². The second kappa shape index (κ2) is 5.24. The smallest absolute Gasteiger partial charge is 0.288 e. The number of ketones is 1. The summed E-state index contributed by atoms with van der Waals surface area (Å²) in [7, 11) is 0. The van der Waals surface area contributed by atoms with E-state index in [4.69, 9.17) is 0 Å². The van der Waals surface area contributed by atoms with Crippen molar-refractivity contribution >= 4 is 40.0 Å². The van der Waals surface area contributed by atoms with Crippen LogP contribution in [0.3, 0.4) is 0 Å². The molecule has 0 unspecified atom stereocenters. The summed E-state index contributed by atoms with van der Waals surface area (Å²) in [6.07, 6.45) is 0.325. The summed E-state index contributed by atoms with van der Waals surface area (Å²) < 4.78 is 0. The Balaban J connectivity index is 2.13. The van der Waals surface area contributed by atoms with Gasteiger partial charge in [-0.1, -0.05) is 11.8 Å². The highest BCUT2D eigenvalue weighted by Gasteiger charge is 2.29. The van der Waals surface area contributed by atoms with E-state index in [1.165, 1.54) is 0 Å². The minimum absolute atomic E-state index is 0.137. The quantitative estimate of drug-likeness (QED) is 0.800. The number of carbonyl (C=O) groups is 3. The van der Waals surface area contributed by atoms with Crippen LogP contribution in [-0.2, 0) is 4.79 Å². The predicted molar refractivity (Wildman–Crippen MR) is 72.3 cm³/mol. The first-order chi connectivity index (χ1) is 8.49. The maximum absolute atomic E-state index is 12.1. The number of hydrogen-bond acceptors (Lipinski definition) is 5. The van der Waals surface area contributed by atoms with E-state index >= 15 is 0 Å². The van der Waals surface area contributed by atoms with Gasteiger partial charge in [-0.3, -0.25) is 19.3 Å². The van der Waals surface area contributed by atoms with Crippen LogP contribution in [0.4, 0.5) is 4.79 Å². The fourth-order valence-corrected chi connectivity index (χ4v) is 3.55. The first-order valence-corrected chi connectivity index (χ1v) is 7.36. The summed E-state index contributed by atoms with van der Waals surface area (Å²) in [5, 5.41) is -0.316. The molecule has 0 aromatic carbocycles. The Bertz CT molecular complexity index is 505. The minimum Gasteiger partial charge on any atom is -0.292 e. The molecule has 1 aromatic rings.